The zero-order chi connectivity index (χ0) is 9.40. The standard InChI is InChI=1S/C8H14O4.H3N/c9-7(10)5-3-1-2-4-6-8(11)12;/h1-6H2,(H,9,10)(H,11,12);1H3/p+1. The van der Waals surface area contributed by atoms with Gasteiger partial charge in [0.25, 0.3) is 0 Å². The quantitative estimate of drug-likeness (QED) is 0.534. The Bertz CT molecular complexity index is 140. The highest BCUT2D eigenvalue weighted by molar-refractivity contribution is 5.66. The summed E-state index contributed by atoms with van der Waals surface area (Å²) in [5.74, 6) is -1.57. The lowest BCUT2D eigenvalue weighted by atomic mass is 10.1. The number of carboxylic acids is 2. The van der Waals surface area contributed by atoms with Gasteiger partial charge in [-0.2, -0.15) is 0 Å². The van der Waals surface area contributed by atoms with Gasteiger partial charge in [0.05, 0.1) is 0 Å². The van der Waals surface area contributed by atoms with Gasteiger partial charge in [-0.25, -0.2) is 0 Å². The van der Waals surface area contributed by atoms with Crippen LogP contribution in [-0.2, 0) is 9.59 Å². The molecule has 0 radical (unpaired) electrons. The molecule has 0 bridgehead atoms. The molecular weight excluding hydrogens is 174 g/mol. The van der Waals surface area contributed by atoms with Crippen molar-refractivity contribution < 1.29 is 19.8 Å². The van der Waals surface area contributed by atoms with Crippen LogP contribution in [0.2, 0.25) is 0 Å². The van der Waals surface area contributed by atoms with Crippen LogP contribution in [-0.4, -0.2) is 22.2 Å². The molecule has 0 saturated heterocycles. The second-order valence-electron chi connectivity index (χ2n) is 2.70. The molecule has 0 spiro atoms. The molecular formula is C8H18NO4+. The monoisotopic (exact) mass is 192 g/mol. The van der Waals surface area contributed by atoms with Crippen molar-refractivity contribution in [2.24, 2.45) is 0 Å². The first-order valence-corrected chi connectivity index (χ1v) is 4.06. The van der Waals surface area contributed by atoms with Gasteiger partial charge in [-0.3, -0.25) is 9.59 Å². The smallest absolute Gasteiger partial charge is 0.303 e. The Hall–Kier alpha value is -1.10. The van der Waals surface area contributed by atoms with Crippen LogP contribution < -0.4 is 6.15 Å². The maximum atomic E-state index is 10.0. The molecule has 0 aromatic carbocycles. The number of aliphatic carboxylic acids is 2. The number of hydrogen-bond donors (Lipinski definition) is 3. The lowest BCUT2D eigenvalue weighted by molar-refractivity contribution is -0.138. The average molecular weight is 192 g/mol. The van der Waals surface area contributed by atoms with E-state index in [1.165, 1.54) is 0 Å². The molecule has 0 fully saturated rings. The average Bonchev–Trinajstić information content (AvgIpc) is 1.95. The molecule has 0 saturated carbocycles. The third-order valence-electron chi connectivity index (χ3n) is 1.53. The van der Waals surface area contributed by atoms with Gasteiger partial charge in [0.1, 0.15) is 0 Å². The minimum Gasteiger partial charge on any atom is -0.481 e. The van der Waals surface area contributed by atoms with Gasteiger partial charge in [0.2, 0.25) is 0 Å². The summed E-state index contributed by atoms with van der Waals surface area (Å²) in [6.45, 7) is 0. The summed E-state index contributed by atoms with van der Waals surface area (Å²) >= 11 is 0. The predicted molar refractivity (Wildman–Crippen MR) is 49.0 cm³/mol. The molecule has 5 nitrogen and oxygen atoms in total. The van der Waals surface area contributed by atoms with E-state index >= 15 is 0 Å². The van der Waals surface area contributed by atoms with Crippen LogP contribution in [0.1, 0.15) is 38.5 Å². The summed E-state index contributed by atoms with van der Waals surface area (Å²) in [7, 11) is 0. The zero-order valence-electron chi connectivity index (χ0n) is 7.95. The van der Waals surface area contributed by atoms with Gasteiger partial charge in [0.15, 0.2) is 0 Å². The van der Waals surface area contributed by atoms with Gasteiger partial charge in [-0.05, 0) is 12.8 Å². The zero-order valence-corrected chi connectivity index (χ0v) is 7.95. The normalized spacial score (nSPS) is 8.92. The molecule has 0 aliphatic carbocycles. The van der Waals surface area contributed by atoms with Crippen molar-refractivity contribution in [3.8, 4) is 0 Å². The highest BCUT2D eigenvalue weighted by atomic mass is 16.4. The van der Waals surface area contributed by atoms with Gasteiger partial charge in [-0.1, -0.05) is 12.8 Å². The van der Waals surface area contributed by atoms with E-state index in [-0.39, 0.29) is 19.0 Å². The van der Waals surface area contributed by atoms with Crippen molar-refractivity contribution in [3.63, 3.8) is 0 Å². The second-order valence-corrected chi connectivity index (χ2v) is 2.70. The molecule has 0 unspecified atom stereocenters. The Morgan fingerprint density at radius 1 is 0.769 bits per heavy atom. The number of hydrogen-bond acceptors (Lipinski definition) is 2. The first-order chi connectivity index (χ1) is 5.63. The van der Waals surface area contributed by atoms with Gasteiger partial charge >= 0.3 is 11.9 Å². The van der Waals surface area contributed by atoms with Gasteiger partial charge in [-0.15, -0.1) is 0 Å². The van der Waals surface area contributed by atoms with Gasteiger partial charge < -0.3 is 16.4 Å². The molecule has 6 N–H and O–H groups in total. The molecule has 78 valence electrons. The molecule has 0 heterocycles. The molecule has 0 amide bonds. The van der Waals surface area contributed by atoms with Crippen LogP contribution in [0.4, 0.5) is 0 Å². The summed E-state index contributed by atoms with van der Waals surface area (Å²) in [6.07, 6.45) is 3.28. The lowest BCUT2D eigenvalue weighted by Crippen LogP contribution is -1.95. The Kier molecular flexibility index (Phi) is 9.98. The van der Waals surface area contributed by atoms with E-state index in [0.29, 0.717) is 12.8 Å². The van der Waals surface area contributed by atoms with E-state index in [0.717, 1.165) is 12.8 Å². The van der Waals surface area contributed by atoms with Crippen molar-refractivity contribution in [3.05, 3.63) is 0 Å². The number of quaternary nitrogens is 1. The maximum absolute atomic E-state index is 10.0. The van der Waals surface area contributed by atoms with Gasteiger partial charge in [0, 0.05) is 12.8 Å². The SMILES string of the molecule is O=C(O)CCCCCCC(=O)O.[NH4+]. The number of carbonyl (C=O) groups is 2. The van der Waals surface area contributed by atoms with Crippen LogP contribution in [0.25, 0.3) is 0 Å². The first kappa shape index (κ1) is 14.4. The summed E-state index contributed by atoms with van der Waals surface area (Å²) < 4.78 is 0. The number of unbranched alkanes of at least 4 members (excludes halogenated alkanes) is 3. The second kappa shape index (κ2) is 8.99. The highest BCUT2D eigenvalue weighted by Gasteiger charge is 1.98. The summed E-state index contributed by atoms with van der Waals surface area (Å²) in [5.41, 5.74) is 0. The maximum Gasteiger partial charge on any atom is 0.303 e. The molecule has 0 aliphatic rings. The van der Waals surface area contributed by atoms with E-state index in [1.807, 2.05) is 0 Å². The topological polar surface area (TPSA) is 111 Å². The van der Waals surface area contributed by atoms with Crippen LogP contribution >= 0.6 is 0 Å². The molecule has 0 aromatic rings. The van der Waals surface area contributed by atoms with E-state index in [2.05, 4.69) is 0 Å². The largest absolute Gasteiger partial charge is 0.481 e. The fourth-order valence-corrected chi connectivity index (χ4v) is 0.906. The van der Waals surface area contributed by atoms with Crippen molar-refractivity contribution in [2.45, 2.75) is 38.5 Å². The van der Waals surface area contributed by atoms with E-state index in [1.54, 1.807) is 0 Å². The molecule has 0 aromatic heterocycles. The molecule has 0 aliphatic heterocycles. The van der Waals surface area contributed by atoms with Crippen LogP contribution in [0, 0.1) is 0 Å². The van der Waals surface area contributed by atoms with Crippen molar-refractivity contribution in [1.82, 2.24) is 6.15 Å². The minimum absolute atomic E-state index is 0. The minimum atomic E-state index is -0.784. The lowest BCUT2D eigenvalue weighted by Gasteiger charge is -1.96. The van der Waals surface area contributed by atoms with Crippen LogP contribution in [0.15, 0.2) is 0 Å². The molecule has 0 atom stereocenters. The number of rotatable bonds is 7. The summed E-state index contributed by atoms with van der Waals surface area (Å²) in [5, 5.41) is 16.5. The van der Waals surface area contributed by atoms with E-state index < -0.39 is 11.9 Å². The van der Waals surface area contributed by atoms with Crippen LogP contribution in [0.5, 0.6) is 0 Å². The van der Waals surface area contributed by atoms with E-state index in [4.69, 9.17) is 10.2 Å². The molecule has 0 rings (SSSR count). The fraction of sp³-hybridized carbons (Fsp3) is 0.750. The summed E-state index contributed by atoms with van der Waals surface area (Å²) in [4.78, 5) is 20.1. The Morgan fingerprint density at radius 3 is 1.31 bits per heavy atom. The third kappa shape index (κ3) is 13.8. The third-order valence-corrected chi connectivity index (χ3v) is 1.53. The van der Waals surface area contributed by atoms with Crippen molar-refractivity contribution >= 4 is 11.9 Å². The van der Waals surface area contributed by atoms with Crippen molar-refractivity contribution in [1.29, 1.82) is 0 Å². The molecule has 13 heavy (non-hydrogen) atoms. The first-order valence-electron chi connectivity index (χ1n) is 4.06. The Morgan fingerprint density at radius 2 is 1.08 bits per heavy atom. The van der Waals surface area contributed by atoms with Crippen LogP contribution in [0.3, 0.4) is 0 Å². The molecule has 5 heteroatoms. The predicted octanol–water partition coefficient (Wildman–Crippen LogP) is 1.87. The highest BCUT2D eigenvalue weighted by Crippen LogP contribution is 2.04. The summed E-state index contributed by atoms with van der Waals surface area (Å²) in [6, 6.07) is 0. The number of carboxylic acid groups (broad SMARTS) is 2. The Labute approximate surface area is 77.3 Å². The van der Waals surface area contributed by atoms with Crippen molar-refractivity contribution in [2.75, 3.05) is 0 Å². The fourth-order valence-electron chi connectivity index (χ4n) is 0.906. The Balaban J connectivity index is 0. The van der Waals surface area contributed by atoms with E-state index in [9.17, 15) is 9.59 Å².